The van der Waals surface area contributed by atoms with Crippen LogP contribution in [0.15, 0.2) is 39.9 Å². The molecule has 9 fully saturated rings. The minimum atomic E-state index is -0.415. The molecule has 9 rings (SSSR count). The number of amidine groups is 8. The number of thioether (sulfide) groups is 8. The number of carbonyl (C=O) groups excluding carboxylic acids is 4. The number of aliphatic imine (C=N–C) groups is 8. The lowest BCUT2D eigenvalue weighted by Crippen LogP contribution is -2.59. The van der Waals surface area contributed by atoms with Crippen LogP contribution in [0.3, 0.4) is 0 Å². The van der Waals surface area contributed by atoms with E-state index in [1.165, 1.54) is 105 Å². The van der Waals surface area contributed by atoms with Gasteiger partial charge in [-0.2, -0.15) is 0 Å². The fourth-order valence-electron chi connectivity index (χ4n) is 8.66. The molecule has 9 saturated heterocycles. The second-order valence-electron chi connectivity index (χ2n) is 20.8. The molecule has 0 aromatic rings. The lowest BCUT2D eigenvalue weighted by molar-refractivity contribution is -0.298. The first-order chi connectivity index (χ1) is 45.2. The van der Waals surface area contributed by atoms with Gasteiger partial charge in [-0.1, -0.05) is 94.1 Å². The third-order valence-electron chi connectivity index (χ3n) is 14.1. The summed E-state index contributed by atoms with van der Waals surface area (Å²) in [7, 11) is 39.7. The minimum absolute atomic E-state index is 0.0451. The molecular weight excluding hydrogens is 1390 g/mol. The Morgan fingerprint density at radius 3 is 1.21 bits per heavy atom. The van der Waals surface area contributed by atoms with E-state index in [0.29, 0.717) is 35.6 Å². The van der Waals surface area contributed by atoms with E-state index in [1.807, 2.05) is 101 Å². The Bertz CT molecular complexity index is 2500. The quantitative estimate of drug-likeness (QED) is 0.332. The number of nitrogens with zero attached hydrogens (tertiary/aromatic N) is 16. The second-order valence-corrected chi connectivity index (χ2v) is 29.7. The third-order valence-corrected chi connectivity index (χ3v) is 24.2. The number of likely N-dealkylation sites (N-methyl/N-ethyl adjacent to an activating group) is 1. The summed E-state index contributed by atoms with van der Waals surface area (Å²) in [4.78, 5) is 91.4. The maximum Gasteiger partial charge on any atom is 0.241 e. The third kappa shape index (κ3) is 33.6. The van der Waals surface area contributed by atoms with Crippen molar-refractivity contribution in [3.8, 4) is 0 Å². The molecule has 0 spiro atoms. The number of Topliss-reactive ketones (excluding diaryl/α,β-unsaturated/α-hetero) is 1. The number of thiocarbonyl (C=S) groups is 1. The zero-order valence-electron chi connectivity index (χ0n) is 60.9. The van der Waals surface area contributed by atoms with Crippen LogP contribution in [0.4, 0.5) is 0 Å². The Balaban J connectivity index is 0.00000104. The number of carbonyl (C=O) groups is 4. The summed E-state index contributed by atoms with van der Waals surface area (Å²) in [5.41, 5.74) is 0. The molecule has 27 nitrogen and oxygen atoms in total. The number of hydrogen-bond acceptors (Lipinski definition) is 26. The lowest BCUT2D eigenvalue weighted by Gasteiger charge is -2.43. The Morgan fingerprint density at radius 1 is 0.484 bits per heavy atom. The molecule has 9 aliphatic rings. The SMILES string of the molecule is CN=C1SC(C)C(=O)N1C.CN=C1SCC(=O)CN1C.CN=C1SCC(=O)N1C.CN=C1SCC(C)N1C.CN=C1SCCC(=O)N1C.CN=C1SCCCN1C.CN=C1SCCCN1C.CN=C1SCCN1C.CNC(=S)NC.CO[C@@H]1O[C@@H](C)[C@H](OC)[C@@H](OC)[C@H]1OC. The van der Waals surface area contributed by atoms with E-state index >= 15 is 0 Å². The maximum atomic E-state index is 11.1. The molecule has 9 aliphatic heterocycles. The van der Waals surface area contributed by atoms with Gasteiger partial charge in [0, 0.05) is 216 Å². The van der Waals surface area contributed by atoms with E-state index < -0.39 is 6.29 Å². The average molecular weight is 1510 g/mol. The standard InChI is InChI=1S/C10H20O5.3C6H10N2OS.3C6H12N2S.C5H8N2OS.C5H10N2S.C3H8N2S/c1-6-7(11-2)8(12-3)9(13-4)10(14-5)15-6;1-7-6-8(2)3-5(9)4-10-6;1-7-6-8(2)5(9)3-4-10-6;1-4-5(9)8(3)6(7-2)10-4;1-5-4-9-6(7-2)8(5)3;2*1-7-6-8(2)4-3-5-9-6;1-6-5-7(2)4(8)3-9-5;1-6-5-7(2)3-4-8-5;1-4-3(6)5-2/h6-10H,1-5H3;2*3-4H2,1-2H3;4H,1-3H3;5H,4H2,1-3H3;2*3-5H2,1-2H3;3H2,1-2H3;3-4H2,1-2H3;1-2H3,(H2,4,5,6)/t6-,7-,8+,9+,10+;;;;;;;;;/m0........./s1. The minimum Gasteiger partial charge on any atom is -0.376 e. The van der Waals surface area contributed by atoms with Gasteiger partial charge in [0.2, 0.25) is 17.7 Å². The highest BCUT2D eigenvalue weighted by Crippen LogP contribution is 2.28. The topological polar surface area (TPSA) is 263 Å². The molecule has 9 heterocycles. The molecule has 2 N–H and O–H groups in total. The van der Waals surface area contributed by atoms with Crippen LogP contribution < -0.4 is 10.6 Å². The van der Waals surface area contributed by atoms with Crippen LogP contribution in [0.2, 0.25) is 0 Å². The van der Waals surface area contributed by atoms with Gasteiger partial charge >= 0.3 is 0 Å². The van der Waals surface area contributed by atoms with Gasteiger partial charge in [-0.3, -0.25) is 73.8 Å². The maximum absolute atomic E-state index is 11.1. The highest BCUT2D eigenvalue weighted by Gasteiger charge is 2.45. The van der Waals surface area contributed by atoms with E-state index in [4.69, 9.17) is 23.7 Å². The predicted octanol–water partition coefficient (Wildman–Crippen LogP) is 5.44. The molecule has 546 valence electrons. The summed E-state index contributed by atoms with van der Waals surface area (Å²) in [5, 5.41) is 14.3. The van der Waals surface area contributed by atoms with Crippen molar-refractivity contribution >= 4 is 176 Å². The fourth-order valence-corrected chi connectivity index (χ4v) is 16.0. The molecular formula is C59H112N18O9S9. The van der Waals surface area contributed by atoms with Crippen LogP contribution in [0, 0.1) is 0 Å². The fraction of sp³-hybridized carbons (Fsp3) is 0.780. The number of hydrogen-bond donors (Lipinski definition) is 2. The zero-order valence-corrected chi connectivity index (χ0v) is 68.3. The summed E-state index contributed by atoms with van der Waals surface area (Å²) < 4.78 is 26.9. The van der Waals surface area contributed by atoms with Crippen LogP contribution in [0.25, 0.3) is 0 Å². The summed E-state index contributed by atoms with van der Waals surface area (Å²) in [6.45, 7) is 10.0. The van der Waals surface area contributed by atoms with Crippen molar-refractivity contribution < 1.29 is 42.9 Å². The molecule has 0 aromatic carbocycles. The lowest BCUT2D eigenvalue weighted by atomic mass is 9.99. The van der Waals surface area contributed by atoms with Crippen LogP contribution in [-0.4, -0.2) is 373 Å². The first-order valence-corrected chi connectivity index (χ1v) is 38.7. The molecule has 0 aliphatic carbocycles. The Hall–Kier alpha value is -3.27. The summed E-state index contributed by atoms with van der Waals surface area (Å²) in [5.74, 6) is 7.57. The van der Waals surface area contributed by atoms with E-state index in [2.05, 4.69) is 118 Å². The first-order valence-electron chi connectivity index (χ1n) is 30.6. The van der Waals surface area contributed by atoms with E-state index in [1.54, 1.807) is 118 Å². The van der Waals surface area contributed by atoms with Crippen molar-refractivity contribution in [2.75, 3.05) is 222 Å². The van der Waals surface area contributed by atoms with Crippen molar-refractivity contribution in [1.29, 1.82) is 0 Å². The van der Waals surface area contributed by atoms with Gasteiger partial charge in [0.25, 0.3) is 0 Å². The van der Waals surface area contributed by atoms with E-state index in [-0.39, 0.29) is 53.2 Å². The van der Waals surface area contributed by atoms with Crippen LogP contribution in [0.5, 0.6) is 0 Å². The van der Waals surface area contributed by atoms with Gasteiger partial charge in [0.05, 0.1) is 29.4 Å². The predicted molar refractivity (Wildman–Crippen MR) is 420 cm³/mol. The summed E-state index contributed by atoms with van der Waals surface area (Å²) in [6.07, 6.45) is 2.11. The Kier molecular flexibility index (Phi) is 50.9. The smallest absolute Gasteiger partial charge is 0.241 e. The van der Waals surface area contributed by atoms with E-state index in [0.717, 1.165) is 33.0 Å². The number of amides is 3. The van der Waals surface area contributed by atoms with Gasteiger partial charge in [0.1, 0.15) is 18.3 Å². The molecule has 95 heavy (non-hydrogen) atoms. The van der Waals surface area contributed by atoms with Crippen molar-refractivity contribution in [3.63, 3.8) is 0 Å². The first kappa shape index (κ1) is 91.7. The van der Waals surface area contributed by atoms with E-state index in [9.17, 15) is 19.2 Å². The van der Waals surface area contributed by atoms with Crippen molar-refractivity contribution in [2.45, 2.75) is 82.0 Å². The van der Waals surface area contributed by atoms with Gasteiger partial charge in [0.15, 0.2) is 58.5 Å². The second kappa shape index (κ2) is 52.7. The van der Waals surface area contributed by atoms with Gasteiger partial charge < -0.3 is 58.8 Å². The Morgan fingerprint density at radius 2 is 0.916 bits per heavy atom. The van der Waals surface area contributed by atoms with Crippen molar-refractivity contribution in [3.05, 3.63) is 0 Å². The largest absolute Gasteiger partial charge is 0.376 e. The van der Waals surface area contributed by atoms with Crippen molar-refractivity contribution in [2.24, 2.45) is 39.9 Å². The summed E-state index contributed by atoms with van der Waals surface area (Å²) >= 11 is 18.1. The van der Waals surface area contributed by atoms with Crippen LogP contribution >= 0.6 is 106 Å². The van der Waals surface area contributed by atoms with Gasteiger partial charge in [-0.25, -0.2) is 0 Å². The van der Waals surface area contributed by atoms with Crippen LogP contribution in [0.1, 0.15) is 40.0 Å². The summed E-state index contributed by atoms with van der Waals surface area (Å²) in [6, 6.07) is 0.661. The monoisotopic (exact) mass is 1500 g/mol. The van der Waals surface area contributed by atoms with Crippen LogP contribution in [-0.2, 0) is 42.9 Å². The van der Waals surface area contributed by atoms with Gasteiger partial charge in [-0.15, -0.1) is 0 Å². The molecule has 0 bridgehead atoms. The number of methoxy groups -OCH3 is 4. The molecule has 3 amide bonds. The Labute approximate surface area is 608 Å². The van der Waals surface area contributed by atoms with Crippen molar-refractivity contribution in [1.82, 2.24) is 49.8 Å². The number of ether oxygens (including phenoxy) is 5. The number of rotatable bonds is 4. The van der Waals surface area contributed by atoms with Gasteiger partial charge in [-0.05, 0) is 45.8 Å². The number of ketones is 1. The zero-order chi connectivity index (χ0) is 72.3. The normalized spacial score (nSPS) is 27.5. The highest BCUT2D eigenvalue weighted by molar-refractivity contribution is 8.16. The molecule has 0 radical (unpaired) electrons. The molecule has 0 aromatic heterocycles. The molecule has 0 saturated carbocycles. The number of nitrogens with one attached hydrogen (secondary N) is 2. The highest BCUT2D eigenvalue weighted by atomic mass is 32.2. The molecule has 7 atom stereocenters. The average Bonchev–Trinajstić information content (AvgIpc) is 1.79. The molecule has 36 heteroatoms. The molecule has 2 unspecified atom stereocenters.